The van der Waals surface area contributed by atoms with Crippen molar-refractivity contribution in [2.24, 2.45) is 23.5 Å². The van der Waals surface area contributed by atoms with Crippen LogP contribution >= 0.6 is 0 Å². The fourth-order valence-electron chi connectivity index (χ4n) is 12.6. The zero-order valence-electron chi connectivity index (χ0n) is 60.0. The Morgan fingerprint density at radius 2 is 0.933 bits per heavy atom. The topological polar surface area (TPSA) is 496 Å². The number of carbonyl (C=O) groups excluding carboxylic acids is 8. The summed E-state index contributed by atoms with van der Waals surface area (Å²) in [4.78, 5) is 185. The summed E-state index contributed by atoms with van der Waals surface area (Å²) in [6.07, 6.45) is 2.14. The van der Waals surface area contributed by atoms with Crippen molar-refractivity contribution in [2.75, 3.05) is 98.2 Å². The van der Waals surface area contributed by atoms with Crippen LogP contribution in [0.5, 0.6) is 0 Å². The number of rotatable bonds is 42. The van der Waals surface area contributed by atoms with Gasteiger partial charge < -0.3 is 78.9 Å². The maximum Gasteiger partial charge on any atom is 0.326 e. The predicted octanol–water partition coefficient (Wildman–Crippen LogP) is 0.756. The lowest BCUT2D eigenvalue weighted by Crippen LogP contribution is -2.52. The summed E-state index contributed by atoms with van der Waals surface area (Å²) in [7, 11) is 0. The predicted molar refractivity (Wildman–Crippen MR) is 383 cm³/mol. The molecule has 3 aromatic carbocycles. The average molecular weight is 1470 g/mol. The fourth-order valence-corrected chi connectivity index (χ4v) is 12.6. The van der Waals surface area contributed by atoms with Crippen LogP contribution in [-0.2, 0) is 75.2 Å². The summed E-state index contributed by atoms with van der Waals surface area (Å²) in [5, 5.41) is 80.5. The van der Waals surface area contributed by atoms with Gasteiger partial charge in [0.25, 0.3) is 0 Å². The van der Waals surface area contributed by atoms with Gasteiger partial charge in [-0.25, -0.2) is 14.4 Å². The fraction of sp³-hybridized carbons (Fsp3) is 0.583. The summed E-state index contributed by atoms with van der Waals surface area (Å²) >= 11 is 0. The van der Waals surface area contributed by atoms with Gasteiger partial charge in [0.05, 0.1) is 38.5 Å². The van der Waals surface area contributed by atoms with E-state index in [1.165, 1.54) is 0 Å². The molecule has 2 fully saturated rings. The molecule has 1 aliphatic carbocycles. The standard InChI is InChI=1S/C72H105N13O20/c1-45(2)36-47-14-19-50(20-15-47)46(3)65(96)78-58(39-59(73)86)69(100)75-26-8-6-12-54(77-60(87)41-82-28-30-83(42-62(90)91)32-34-85(44-64(94)95)35-33-84(31-29-82)43-63(92)93)67(98)76-40-48-16-22-52(23-17-48)66(97)79-57(38-49-18-21-51-10-4-5-11-53(51)37-49)68(99)74-27-9-7-13-55(70(101)102)80-72(105)81-56(71(103)104)24-25-61(88)89/h4-5,10-11,14-15,18-21,37,45-46,48,52,54-58H,6-9,12-13,16-17,22-36,38-44H2,1-3H3,(H2,73,86)(H,74,99)(H,75,100)(H,76,98)(H,77,87)(H,78,96)(H,79,97)(H,88,89)(H,90,91)(H,92,93)(H,94,95)(H,101,102)(H,103,104)(H2,80,81,105). The Labute approximate surface area is 609 Å². The van der Waals surface area contributed by atoms with Crippen LogP contribution in [0.25, 0.3) is 10.8 Å². The highest BCUT2D eigenvalue weighted by atomic mass is 16.4. The van der Waals surface area contributed by atoms with E-state index < -0.39 is 139 Å². The third-order valence-corrected chi connectivity index (χ3v) is 18.5. The van der Waals surface area contributed by atoms with Gasteiger partial charge in [-0.3, -0.25) is 72.3 Å². The number of fused-ring (bicyclic) bond motifs is 1. The number of nitrogens with zero attached hydrogens (tertiary/aromatic N) is 4. The van der Waals surface area contributed by atoms with Gasteiger partial charge >= 0.3 is 41.8 Å². The molecule has 578 valence electrons. The molecule has 1 aliphatic heterocycles. The van der Waals surface area contributed by atoms with E-state index >= 15 is 0 Å². The summed E-state index contributed by atoms with van der Waals surface area (Å²) in [6.45, 7) is 5.84. The van der Waals surface area contributed by atoms with Crippen LogP contribution in [0.1, 0.15) is 127 Å². The van der Waals surface area contributed by atoms with E-state index in [-0.39, 0.29) is 155 Å². The first kappa shape index (κ1) is 85.8. The summed E-state index contributed by atoms with van der Waals surface area (Å²) < 4.78 is 0. The van der Waals surface area contributed by atoms with Gasteiger partial charge in [0.1, 0.15) is 30.2 Å². The van der Waals surface area contributed by atoms with Crippen LogP contribution in [0.4, 0.5) is 4.79 Å². The number of carboxylic acid groups (broad SMARTS) is 6. The highest BCUT2D eigenvalue weighted by Crippen LogP contribution is 2.29. The van der Waals surface area contributed by atoms with Gasteiger partial charge in [-0.15, -0.1) is 0 Å². The van der Waals surface area contributed by atoms with E-state index in [1.807, 2.05) is 66.7 Å². The molecule has 6 unspecified atom stereocenters. The smallest absolute Gasteiger partial charge is 0.326 e. The van der Waals surface area contributed by atoms with E-state index in [0.29, 0.717) is 37.2 Å². The molecule has 1 heterocycles. The summed E-state index contributed by atoms with van der Waals surface area (Å²) in [5.74, 6) is -12.5. The van der Waals surface area contributed by atoms with Crippen molar-refractivity contribution >= 4 is 94.0 Å². The maximum absolute atomic E-state index is 14.4. The number of hydrogen-bond donors (Lipinski definition) is 15. The van der Waals surface area contributed by atoms with Crippen LogP contribution in [-0.4, -0.2) is 262 Å². The van der Waals surface area contributed by atoms with E-state index in [1.54, 1.807) is 26.5 Å². The van der Waals surface area contributed by atoms with Gasteiger partial charge in [0.2, 0.25) is 41.4 Å². The minimum Gasteiger partial charge on any atom is -0.481 e. The van der Waals surface area contributed by atoms with E-state index in [2.05, 4.69) is 56.4 Å². The third-order valence-electron chi connectivity index (χ3n) is 18.5. The number of nitrogens with one attached hydrogen (secondary N) is 8. The number of unbranched alkanes of at least 4 members (excludes halogenated alkanes) is 2. The quantitative estimate of drug-likeness (QED) is 0.0348. The van der Waals surface area contributed by atoms with Crippen molar-refractivity contribution < 1.29 is 97.8 Å². The number of primary amides is 1. The van der Waals surface area contributed by atoms with Gasteiger partial charge in [0, 0.05) is 90.8 Å². The van der Waals surface area contributed by atoms with Crippen molar-refractivity contribution in [2.45, 2.75) is 153 Å². The first-order chi connectivity index (χ1) is 49.9. The molecular formula is C72H105N13O20. The van der Waals surface area contributed by atoms with Gasteiger partial charge in [0.15, 0.2) is 0 Å². The molecule has 1 saturated carbocycles. The molecule has 9 amide bonds. The van der Waals surface area contributed by atoms with Crippen LogP contribution in [0.15, 0.2) is 66.7 Å². The molecule has 16 N–H and O–H groups in total. The van der Waals surface area contributed by atoms with E-state index in [9.17, 15) is 92.7 Å². The lowest BCUT2D eigenvalue weighted by Gasteiger charge is -2.33. The molecule has 33 nitrogen and oxygen atoms in total. The number of carbonyl (C=O) groups is 14. The van der Waals surface area contributed by atoms with E-state index in [0.717, 1.165) is 28.3 Å². The molecule has 3 aromatic rings. The summed E-state index contributed by atoms with van der Waals surface area (Å²) in [6, 6.07) is 13.2. The third kappa shape index (κ3) is 32.8. The Bertz CT molecular complexity index is 3410. The highest BCUT2D eigenvalue weighted by Gasteiger charge is 2.33. The van der Waals surface area contributed by atoms with Crippen LogP contribution < -0.4 is 48.3 Å². The largest absolute Gasteiger partial charge is 0.481 e. The van der Waals surface area contributed by atoms with Crippen molar-refractivity contribution in [3.63, 3.8) is 0 Å². The number of hydrogen-bond acceptors (Lipinski definition) is 18. The molecule has 5 rings (SSSR count). The molecule has 0 spiro atoms. The van der Waals surface area contributed by atoms with Crippen molar-refractivity contribution in [1.82, 2.24) is 62.1 Å². The normalized spacial score (nSPS) is 17.4. The second-order valence-electron chi connectivity index (χ2n) is 27.5. The number of urea groups is 1. The molecule has 33 heteroatoms. The Morgan fingerprint density at radius 3 is 1.43 bits per heavy atom. The lowest BCUT2D eigenvalue weighted by atomic mass is 9.81. The number of amides is 9. The SMILES string of the molecule is CC(C)Cc1ccc(C(C)C(=O)NC(CC(N)=O)C(=O)NCCCCC(NC(=O)CN2CCN(CC(=O)O)CCN(CC(=O)O)CCN(CC(=O)O)CC2)C(=O)NCC2CCC(C(=O)NC(Cc3ccc4ccccc4c3)C(=O)NCCCCC(NC(=O)NC(CCC(=O)O)C(=O)O)C(=O)O)CC2)cc1. The highest BCUT2D eigenvalue weighted by molar-refractivity contribution is 5.94. The molecule has 6 atom stereocenters. The van der Waals surface area contributed by atoms with Gasteiger partial charge in [-0.05, 0) is 123 Å². The molecule has 0 bridgehead atoms. The van der Waals surface area contributed by atoms with Gasteiger partial charge in [-0.2, -0.15) is 0 Å². The number of nitrogens with two attached hydrogens (primary N) is 1. The lowest BCUT2D eigenvalue weighted by molar-refractivity contribution is -0.141. The Morgan fingerprint density at radius 1 is 0.457 bits per heavy atom. The zero-order chi connectivity index (χ0) is 77.1. The van der Waals surface area contributed by atoms with Gasteiger partial charge in [-0.1, -0.05) is 80.6 Å². The molecule has 105 heavy (non-hydrogen) atoms. The molecule has 2 aliphatic rings. The minimum atomic E-state index is -1.59. The van der Waals surface area contributed by atoms with E-state index in [4.69, 9.17) is 10.8 Å². The zero-order valence-corrected chi connectivity index (χ0v) is 60.0. The minimum absolute atomic E-state index is 0.0357. The Hall–Kier alpha value is -9.86. The number of aliphatic carboxylic acids is 6. The molecule has 0 radical (unpaired) electrons. The van der Waals surface area contributed by atoms with Crippen LogP contribution in [0, 0.1) is 17.8 Å². The monoisotopic (exact) mass is 1470 g/mol. The number of carboxylic acids is 6. The average Bonchev–Trinajstić information content (AvgIpc) is 0.841. The van der Waals surface area contributed by atoms with Crippen molar-refractivity contribution in [3.8, 4) is 0 Å². The number of benzene rings is 3. The first-order valence-electron chi connectivity index (χ1n) is 35.8. The Kier molecular flexibility index (Phi) is 36.5. The molecule has 0 aromatic heterocycles. The van der Waals surface area contributed by atoms with Crippen molar-refractivity contribution in [3.05, 3.63) is 83.4 Å². The first-order valence-corrected chi connectivity index (χ1v) is 35.8. The van der Waals surface area contributed by atoms with Crippen LogP contribution in [0.3, 0.4) is 0 Å². The maximum atomic E-state index is 14.4. The molecular weight excluding hydrogens is 1370 g/mol. The second-order valence-corrected chi connectivity index (χ2v) is 27.5. The van der Waals surface area contributed by atoms with Crippen molar-refractivity contribution in [1.29, 1.82) is 0 Å². The molecule has 1 saturated heterocycles. The summed E-state index contributed by atoms with van der Waals surface area (Å²) in [5.41, 5.74) is 8.09. The van der Waals surface area contributed by atoms with Crippen LogP contribution in [0.2, 0.25) is 0 Å². The Balaban J connectivity index is 1.24. The second kappa shape index (κ2) is 44.7.